The zero-order valence-corrected chi connectivity index (χ0v) is 20.2. The first kappa shape index (κ1) is 25.3. The smallest absolute Gasteiger partial charge is 0.407 e. The lowest BCUT2D eigenvalue weighted by Gasteiger charge is -2.16. The molecular formula is C26H30N2O5S. The van der Waals surface area contributed by atoms with Crippen molar-refractivity contribution in [1.29, 1.82) is 0 Å². The van der Waals surface area contributed by atoms with Crippen molar-refractivity contribution in [2.45, 2.75) is 37.9 Å². The maximum Gasteiger partial charge on any atom is 0.407 e. The number of carbonyl (C=O) groups is 1. The Morgan fingerprint density at radius 2 is 1.59 bits per heavy atom. The minimum absolute atomic E-state index is 0.110. The van der Waals surface area contributed by atoms with Crippen LogP contribution in [0.25, 0.3) is 11.1 Å². The second kappa shape index (κ2) is 12.2. The van der Waals surface area contributed by atoms with Crippen molar-refractivity contribution in [1.82, 2.24) is 10.0 Å². The van der Waals surface area contributed by atoms with Crippen molar-refractivity contribution in [3.63, 3.8) is 0 Å². The molecule has 0 saturated carbocycles. The Morgan fingerprint density at radius 1 is 0.912 bits per heavy atom. The first-order valence-corrected chi connectivity index (χ1v) is 12.6. The molecule has 0 bridgehead atoms. The molecule has 0 aliphatic rings. The van der Waals surface area contributed by atoms with Gasteiger partial charge in [-0.1, -0.05) is 60.7 Å². The second-order valence-corrected chi connectivity index (χ2v) is 9.70. The Bertz CT molecular complexity index is 1170. The molecule has 1 amide bonds. The summed E-state index contributed by atoms with van der Waals surface area (Å²) in [5.74, 6) is 0.506. The highest BCUT2D eigenvalue weighted by atomic mass is 32.2. The van der Waals surface area contributed by atoms with Gasteiger partial charge in [0.05, 0.1) is 11.0 Å². The molecule has 0 heterocycles. The summed E-state index contributed by atoms with van der Waals surface area (Å²) in [4.78, 5) is 11.9. The van der Waals surface area contributed by atoms with E-state index in [2.05, 4.69) is 10.0 Å². The monoisotopic (exact) mass is 482 g/mol. The summed E-state index contributed by atoms with van der Waals surface area (Å²) in [6, 6.07) is 23.9. The Morgan fingerprint density at radius 3 is 2.26 bits per heavy atom. The van der Waals surface area contributed by atoms with Crippen molar-refractivity contribution in [2.75, 3.05) is 13.1 Å². The van der Waals surface area contributed by atoms with E-state index in [0.717, 1.165) is 16.7 Å². The molecule has 0 aromatic heterocycles. The van der Waals surface area contributed by atoms with Gasteiger partial charge in [0.25, 0.3) is 0 Å². The summed E-state index contributed by atoms with van der Waals surface area (Å²) in [5.41, 5.74) is 2.66. The van der Waals surface area contributed by atoms with E-state index >= 15 is 0 Å². The molecule has 0 atom stereocenters. The maximum absolute atomic E-state index is 12.8. The number of benzene rings is 3. The molecule has 0 spiro atoms. The van der Waals surface area contributed by atoms with Crippen molar-refractivity contribution in [3.8, 4) is 16.9 Å². The van der Waals surface area contributed by atoms with Gasteiger partial charge in [-0.15, -0.1) is 0 Å². The predicted molar refractivity (Wildman–Crippen MR) is 132 cm³/mol. The van der Waals surface area contributed by atoms with E-state index in [9.17, 15) is 13.2 Å². The SMILES string of the molecule is CC(C)Oc1cc(S(=O)(=O)NCCCNC(=O)OCc2ccccc2)ccc1-c1ccccc1. The number of hydrogen-bond acceptors (Lipinski definition) is 5. The zero-order valence-electron chi connectivity index (χ0n) is 19.4. The van der Waals surface area contributed by atoms with Crippen molar-refractivity contribution < 1.29 is 22.7 Å². The number of alkyl carbamates (subject to hydrolysis) is 1. The van der Waals surface area contributed by atoms with Gasteiger partial charge in [0.1, 0.15) is 12.4 Å². The number of sulfonamides is 1. The van der Waals surface area contributed by atoms with E-state index < -0.39 is 16.1 Å². The molecule has 0 aliphatic carbocycles. The van der Waals surface area contributed by atoms with Gasteiger partial charge in [0.15, 0.2) is 0 Å². The number of carbonyl (C=O) groups excluding carboxylic acids is 1. The molecule has 3 aromatic carbocycles. The highest BCUT2D eigenvalue weighted by molar-refractivity contribution is 7.89. The number of rotatable bonds is 11. The number of amides is 1. The van der Waals surface area contributed by atoms with Crippen LogP contribution in [0.5, 0.6) is 5.75 Å². The molecule has 8 heteroatoms. The average Bonchev–Trinajstić information content (AvgIpc) is 2.83. The third-order valence-corrected chi connectivity index (χ3v) is 6.30. The topological polar surface area (TPSA) is 93.7 Å². The van der Waals surface area contributed by atoms with Crippen LogP contribution in [-0.2, 0) is 21.4 Å². The summed E-state index contributed by atoms with van der Waals surface area (Å²) >= 11 is 0. The van der Waals surface area contributed by atoms with E-state index in [1.54, 1.807) is 18.2 Å². The molecule has 0 aliphatic heterocycles. The van der Waals surface area contributed by atoms with Gasteiger partial charge in [-0.2, -0.15) is 0 Å². The van der Waals surface area contributed by atoms with Crippen LogP contribution in [0.1, 0.15) is 25.8 Å². The Balaban J connectivity index is 1.52. The van der Waals surface area contributed by atoms with Crippen molar-refractivity contribution in [3.05, 3.63) is 84.4 Å². The Kier molecular flexibility index (Phi) is 9.07. The number of hydrogen-bond donors (Lipinski definition) is 2. The maximum atomic E-state index is 12.8. The summed E-state index contributed by atoms with van der Waals surface area (Å²) < 4.78 is 39.2. The minimum atomic E-state index is -3.74. The summed E-state index contributed by atoms with van der Waals surface area (Å²) in [6.07, 6.45) is -0.239. The first-order valence-electron chi connectivity index (χ1n) is 11.2. The van der Waals surface area contributed by atoms with Gasteiger partial charge in [0, 0.05) is 24.7 Å². The fourth-order valence-electron chi connectivity index (χ4n) is 3.22. The lowest BCUT2D eigenvalue weighted by Crippen LogP contribution is -2.30. The van der Waals surface area contributed by atoms with E-state index in [1.807, 2.05) is 74.5 Å². The van der Waals surface area contributed by atoms with Crippen molar-refractivity contribution in [2.24, 2.45) is 0 Å². The molecule has 34 heavy (non-hydrogen) atoms. The summed E-state index contributed by atoms with van der Waals surface area (Å²) in [5, 5.41) is 2.62. The molecule has 3 rings (SSSR count). The third-order valence-electron chi connectivity index (χ3n) is 4.84. The summed E-state index contributed by atoms with van der Waals surface area (Å²) in [7, 11) is -3.74. The highest BCUT2D eigenvalue weighted by Crippen LogP contribution is 2.33. The van der Waals surface area contributed by atoms with Crippen LogP contribution in [0.3, 0.4) is 0 Å². The van der Waals surface area contributed by atoms with E-state index in [4.69, 9.17) is 9.47 Å². The summed E-state index contributed by atoms with van der Waals surface area (Å²) in [6.45, 7) is 4.42. The molecule has 3 aromatic rings. The molecular weight excluding hydrogens is 452 g/mol. The molecule has 7 nitrogen and oxygen atoms in total. The second-order valence-electron chi connectivity index (χ2n) is 7.93. The van der Waals surface area contributed by atoms with E-state index in [-0.39, 0.29) is 30.7 Å². The number of nitrogens with one attached hydrogen (secondary N) is 2. The molecule has 0 radical (unpaired) electrons. The van der Waals surface area contributed by atoms with Gasteiger partial charge in [0.2, 0.25) is 10.0 Å². The fraction of sp³-hybridized carbons (Fsp3) is 0.269. The van der Waals surface area contributed by atoms with Gasteiger partial charge >= 0.3 is 6.09 Å². The normalized spacial score (nSPS) is 11.3. The highest BCUT2D eigenvalue weighted by Gasteiger charge is 2.18. The lowest BCUT2D eigenvalue weighted by molar-refractivity contribution is 0.139. The third kappa shape index (κ3) is 7.60. The molecule has 0 fully saturated rings. The molecule has 0 unspecified atom stereocenters. The Hall–Kier alpha value is -3.36. The minimum Gasteiger partial charge on any atom is -0.490 e. The van der Waals surface area contributed by atoms with Gasteiger partial charge in [-0.25, -0.2) is 17.9 Å². The molecule has 2 N–H and O–H groups in total. The van der Waals surface area contributed by atoms with Gasteiger partial charge in [-0.3, -0.25) is 0 Å². The lowest BCUT2D eigenvalue weighted by atomic mass is 10.0. The zero-order chi connectivity index (χ0) is 24.4. The van der Waals surface area contributed by atoms with Crippen LogP contribution in [0.2, 0.25) is 0 Å². The van der Waals surface area contributed by atoms with Crippen LogP contribution in [-0.4, -0.2) is 33.7 Å². The van der Waals surface area contributed by atoms with Crippen LogP contribution in [0.15, 0.2) is 83.8 Å². The van der Waals surface area contributed by atoms with Gasteiger partial charge < -0.3 is 14.8 Å². The predicted octanol–water partition coefficient (Wildman–Crippen LogP) is 4.74. The van der Waals surface area contributed by atoms with Crippen LogP contribution < -0.4 is 14.8 Å². The van der Waals surface area contributed by atoms with E-state index in [0.29, 0.717) is 12.2 Å². The molecule has 0 saturated heterocycles. The van der Waals surface area contributed by atoms with Crippen LogP contribution in [0, 0.1) is 0 Å². The van der Waals surface area contributed by atoms with Crippen LogP contribution in [0.4, 0.5) is 4.79 Å². The average molecular weight is 483 g/mol. The van der Waals surface area contributed by atoms with Crippen LogP contribution >= 0.6 is 0 Å². The van der Waals surface area contributed by atoms with E-state index in [1.165, 1.54) is 0 Å². The van der Waals surface area contributed by atoms with Gasteiger partial charge in [-0.05, 0) is 43.5 Å². The fourth-order valence-corrected chi connectivity index (χ4v) is 4.31. The largest absolute Gasteiger partial charge is 0.490 e. The number of ether oxygens (including phenoxy) is 2. The quantitative estimate of drug-likeness (QED) is 0.385. The standard InChI is InChI=1S/C26H30N2O5S/c1-20(2)33-25-18-23(14-15-24(25)22-12-7-4-8-13-22)34(30,31)28-17-9-16-27-26(29)32-19-21-10-5-3-6-11-21/h3-8,10-15,18,20,28H,9,16-17,19H2,1-2H3,(H,27,29). The first-order chi connectivity index (χ1) is 16.3. The molecule has 180 valence electrons. The van der Waals surface area contributed by atoms with Crippen molar-refractivity contribution >= 4 is 16.1 Å². The Labute approximate surface area is 201 Å².